The second kappa shape index (κ2) is 7.75. The highest BCUT2D eigenvalue weighted by molar-refractivity contribution is 7.80. The molecule has 0 aliphatic rings. The molecule has 132 valence electrons. The minimum absolute atomic E-state index is 0.0342. The van der Waals surface area contributed by atoms with Crippen LogP contribution in [0.15, 0.2) is 60.9 Å². The fourth-order valence-corrected chi connectivity index (χ4v) is 2.67. The summed E-state index contributed by atoms with van der Waals surface area (Å²) in [5, 5.41) is 21.4. The Labute approximate surface area is 155 Å². The van der Waals surface area contributed by atoms with Crippen LogP contribution in [0, 0.1) is 17.0 Å². The monoisotopic (exact) mass is 367 g/mol. The van der Waals surface area contributed by atoms with Gasteiger partial charge >= 0.3 is 0 Å². The number of nitro benzene ring substituents is 1. The number of anilines is 2. The van der Waals surface area contributed by atoms with Crippen LogP contribution in [0.4, 0.5) is 17.1 Å². The van der Waals surface area contributed by atoms with E-state index < -0.39 is 4.92 Å². The van der Waals surface area contributed by atoms with Crippen molar-refractivity contribution >= 4 is 34.4 Å². The molecule has 0 amide bonds. The molecule has 0 aliphatic heterocycles. The van der Waals surface area contributed by atoms with E-state index in [1.165, 1.54) is 23.3 Å². The number of nitrogens with one attached hydrogen (secondary N) is 2. The van der Waals surface area contributed by atoms with E-state index >= 15 is 0 Å². The molecule has 0 fully saturated rings. The normalized spacial score (nSPS) is 10.3. The summed E-state index contributed by atoms with van der Waals surface area (Å²) in [5.41, 5.74) is 3.88. The van der Waals surface area contributed by atoms with Crippen molar-refractivity contribution in [3.8, 4) is 0 Å². The second-order valence-corrected chi connectivity index (χ2v) is 6.14. The molecule has 0 bridgehead atoms. The maximum atomic E-state index is 10.7. The van der Waals surface area contributed by atoms with E-state index in [4.69, 9.17) is 12.2 Å². The minimum Gasteiger partial charge on any atom is -0.332 e. The lowest BCUT2D eigenvalue weighted by molar-refractivity contribution is -0.384. The minimum atomic E-state index is -0.441. The van der Waals surface area contributed by atoms with Gasteiger partial charge in [0.25, 0.3) is 5.69 Å². The van der Waals surface area contributed by atoms with Gasteiger partial charge in [-0.1, -0.05) is 24.3 Å². The number of thiocarbonyl (C=S) groups is 1. The van der Waals surface area contributed by atoms with E-state index in [1.807, 2.05) is 23.0 Å². The van der Waals surface area contributed by atoms with Crippen LogP contribution >= 0.6 is 12.2 Å². The number of hydrogen-bond acceptors (Lipinski definition) is 4. The van der Waals surface area contributed by atoms with E-state index in [2.05, 4.69) is 34.8 Å². The molecule has 3 aromatic rings. The van der Waals surface area contributed by atoms with E-state index in [0.717, 1.165) is 5.69 Å². The number of aromatic nitrogens is 2. The van der Waals surface area contributed by atoms with Crippen molar-refractivity contribution in [1.29, 1.82) is 0 Å². The van der Waals surface area contributed by atoms with Gasteiger partial charge in [-0.2, -0.15) is 5.10 Å². The predicted octanol–water partition coefficient (Wildman–Crippen LogP) is 3.96. The molecule has 3 rings (SSSR count). The first-order chi connectivity index (χ1) is 12.5. The number of nitrogens with zero attached hydrogens (tertiary/aromatic N) is 3. The Bertz CT molecular complexity index is 937. The summed E-state index contributed by atoms with van der Waals surface area (Å²) in [6.45, 7) is 2.75. The quantitative estimate of drug-likeness (QED) is 0.403. The molecule has 0 aliphatic carbocycles. The van der Waals surface area contributed by atoms with E-state index in [-0.39, 0.29) is 5.69 Å². The summed E-state index contributed by atoms with van der Waals surface area (Å²) in [4.78, 5) is 10.2. The zero-order chi connectivity index (χ0) is 18.5. The van der Waals surface area contributed by atoms with Crippen LogP contribution in [0.1, 0.15) is 11.1 Å². The maximum absolute atomic E-state index is 10.7. The Morgan fingerprint density at radius 3 is 2.54 bits per heavy atom. The average Bonchev–Trinajstić information content (AvgIpc) is 3.04. The number of non-ortho nitro benzene ring substituents is 1. The molecule has 0 unspecified atom stereocenters. The first kappa shape index (κ1) is 17.6. The third-order valence-corrected chi connectivity index (χ3v) is 4.02. The summed E-state index contributed by atoms with van der Waals surface area (Å²) < 4.78 is 1.83. The zero-order valence-electron chi connectivity index (χ0n) is 14.0. The number of aryl methyl sites for hydroxylation is 1. The molecule has 0 spiro atoms. The molecule has 1 aromatic heterocycles. The molecule has 0 saturated heterocycles. The van der Waals surface area contributed by atoms with Gasteiger partial charge in [0, 0.05) is 24.0 Å². The average molecular weight is 367 g/mol. The lowest BCUT2D eigenvalue weighted by atomic mass is 10.1. The Kier molecular flexibility index (Phi) is 5.23. The zero-order valence-corrected chi connectivity index (χ0v) is 14.9. The standard InChI is InChI=1S/C18H17N5O2S/c1-13-4-2-3-5-14(13)11-22-12-16(10-19-22)21-18(26)20-15-6-8-17(9-7-15)23(24)25/h2-10,12H,11H2,1H3,(H2,20,21,26). The van der Waals surface area contributed by atoms with Crippen LogP contribution in [-0.4, -0.2) is 19.8 Å². The predicted molar refractivity (Wildman–Crippen MR) is 105 cm³/mol. The van der Waals surface area contributed by atoms with Crippen molar-refractivity contribution in [3.63, 3.8) is 0 Å². The second-order valence-electron chi connectivity index (χ2n) is 5.74. The Morgan fingerprint density at radius 1 is 1.15 bits per heavy atom. The molecule has 2 aromatic carbocycles. The van der Waals surface area contributed by atoms with Gasteiger partial charge in [-0.3, -0.25) is 14.8 Å². The van der Waals surface area contributed by atoms with E-state index in [9.17, 15) is 10.1 Å². The van der Waals surface area contributed by atoms with Gasteiger partial charge in [-0.25, -0.2) is 0 Å². The van der Waals surface area contributed by atoms with Gasteiger partial charge < -0.3 is 10.6 Å². The first-order valence-corrected chi connectivity index (χ1v) is 8.31. The van der Waals surface area contributed by atoms with Crippen LogP contribution in [0.25, 0.3) is 0 Å². The highest BCUT2D eigenvalue weighted by atomic mass is 32.1. The molecule has 26 heavy (non-hydrogen) atoms. The smallest absolute Gasteiger partial charge is 0.269 e. The summed E-state index contributed by atoms with van der Waals surface area (Å²) in [6, 6.07) is 14.2. The van der Waals surface area contributed by atoms with Gasteiger partial charge in [-0.05, 0) is 42.4 Å². The van der Waals surface area contributed by atoms with Crippen LogP contribution < -0.4 is 10.6 Å². The molecule has 0 radical (unpaired) electrons. The van der Waals surface area contributed by atoms with Crippen molar-refractivity contribution in [2.75, 3.05) is 10.6 Å². The van der Waals surface area contributed by atoms with Crippen molar-refractivity contribution in [2.24, 2.45) is 0 Å². The van der Waals surface area contributed by atoms with Gasteiger partial charge in [0.2, 0.25) is 0 Å². The molecular formula is C18H17N5O2S. The van der Waals surface area contributed by atoms with Crippen LogP contribution in [-0.2, 0) is 6.54 Å². The summed E-state index contributed by atoms with van der Waals surface area (Å²) >= 11 is 5.27. The summed E-state index contributed by atoms with van der Waals surface area (Å²) in [5.74, 6) is 0. The molecule has 7 nitrogen and oxygen atoms in total. The third kappa shape index (κ3) is 4.42. The van der Waals surface area contributed by atoms with Gasteiger partial charge in [0.1, 0.15) is 0 Å². The highest BCUT2D eigenvalue weighted by Gasteiger charge is 2.06. The lowest BCUT2D eigenvalue weighted by Crippen LogP contribution is -2.18. The first-order valence-electron chi connectivity index (χ1n) is 7.91. The van der Waals surface area contributed by atoms with Crippen LogP contribution in [0.5, 0.6) is 0 Å². The summed E-state index contributed by atoms with van der Waals surface area (Å²) in [6.07, 6.45) is 3.57. The molecule has 8 heteroatoms. The molecule has 0 saturated carbocycles. The fraction of sp³-hybridized carbons (Fsp3) is 0.111. The highest BCUT2D eigenvalue weighted by Crippen LogP contribution is 2.16. The lowest BCUT2D eigenvalue weighted by Gasteiger charge is -2.08. The Morgan fingerprint density at radius 2 is 1.85 bits per heavy atom. The van der Waals surface area contributed by atoms with Crippen molar-refractivity contribution in [1.82, 2.24) is 9.78 Å². The SMILES string of the molecule is Cc1ccccc1Cn1cc(NC(=S)Nc2ccc([N+](=O)[O-])cc2)cn1. The van der Waals surface area contributed by atoms with E-state index in [0.29, 0.717) is 17.3 Å². The topological polar surface area (TPSA) is 85.0 Å². The molecule has 1 heterocycles. The Balaban J connectivity index is 1.59. The van der Waals surface area contributed by atoms with Crippen LogP contribution in [0.3, 0.4) is 0 Å². The van der Waals surface area contributed by atoms with Gasteiger partial charge in [0.15, 0.2) is 5.11 Å². The maximum Gasteiger partial charge on any atom is 0.269 e. The molecular weight excluding hydrogens is 350 g/mol. The van der Waals surface area contributed by atoms with Crippen LogP contribution in [0.2, 0.25) is 0 Å². The van der Waals surface area contributed by atoms with E-state index in [1.54, 1.807) is 18.3 Å². The van der Waals surface area contributed by atoms with Gasteiger partial charge in [0.05, 0.1) is 23.4 Å². The molecule has 0 atom stereocenters. The third-order valence-electron chi connectivity index (χ3n) is 3.82. The number of nitro groups is 1. The van der Waals surface area contributed by atoms with Crippen molar-refractivity contribution in [3.05, 3.63) is 82.2 Å². The fourth-order valence-electron chi connectivity index (χ4n) is 2.44. The summed E-state index contributed by atoms with van der Waals surface area (Å²) in [7, 11) is 0. The number of hydrogen-bond donors (Lipinski definition) is 2. The van der Waals surface area contributed by atoms with Crippen molar-refractivity contribution in [2.45, 2.75) is 13.5 Å². The Hall–Kier alpha value is -3.26. The number of rotatable bonds is 5. The van der Waals surface area contributed by atoms with Crippen molar-refractivity contribution < 1.29 is 4.92 Å². The van der Waals surface area contributed by atoms with Gasteiger partial charge in [-0.15, -0.1) is 0 Å². The molecule has 2 N–H and O–H groups in total. The largest absolute Gasteiger partial charge is 0.332 e. The number of benzene rings is 2.